The third-order valence-corrected chi connectivity index (χ3v) is 3.49. The van der Waals surface area contributed by atoms with E-state index in [0.717, 1.165) is 32.5 Å². The third kappa shape index (κ3) is 6.53. The fraction of sp³-hybridized carbons (Fsp3) is 0.368. The zero-order valence-electron chi connectivity index (χ0n) is 12.9. The van der Waals surface area contributed by atoms with Crippen LogP contribution in [0.25, 0.3) is 0 Å². The SMILES string of the molecule is C=C/C(=C\C=C/C)CCN(CC)CCc1ccccc1. The molecule has 0 heterocycles. The highest BCUT2D eigenvalue weighted by Gasteiger charge is 2.03. The second-order valence-corrected chi connectivity index (χ2v) is 4.89. The lowest BCUT2D eigenvalue weighted by Crippen LogP contribution is -2.27. The Kier molecular flexibility index (Phi) is 8.41. The Morgan fingerprint density at radius 3 is 2.55 bits per heavy atom. The number of benzene rings is 1. The van der Waals surface area contributed by atoms with Crippen molar-refractivity contribution in [2.45, 2.75) is 26.7 Å². The summed E-state index contributed by atoms with van der Waals surface area (Å²) >= 11 is 0. The first-order chi connectivity index (χ1) is 9.80. The lowest BCUT2D eigenvalue weighted by Gasteiger charge is -2.20. The molecule has 108 valence electrons. The van der Waals surface area contributed by atoms with Gasteiger partial charge in [-0.05, 0) is 37.4 Å². The topological polar surface area (TPSA) is 3.24 Å². The van der Waals surface area contributed by atoms with Gasteiger partial charge in [-0.3, -0.25) is 0 Å². The summed E-state index contributed by atoms with van der Waals surface area (Å²) in [4.78, 5) is 2.50. The van der Waals surface area contributed by atoms with Crippen LogP contribution in [0.4, 0.5) is 0 Å². The molecule has 0 aromatic heterocycles. The van der Waals surface area contributed by atoms with Crippen molar-refractivity contribution >= 4 is 0 Å². The molecule has 0 aliphatic carbocycles. The normalized spacial score (nSPS) is 12.2. The van der Waals surface area contributed by atoms with E-state index in [1.807, 2.05) is 13.0 Å². The first kappa shape index (κ1) is 16.5. The molecule has 1 nitrogen and oxygen atoms in total. The highest BCUT2D eigenvalue weighted by molar-refractivity contribution is 5.22. The number of nitrogens with zero attached hydrogens (tertiary/aromatic N) is 1. The highest BCUT2D eigenvalue weighted by Crippen LogP contribution is 2.07. The van der Waals surface area contributed by atoms with Gasteiger partial charge in [-0.1, -0.05) is 68.1 Å². The Morgan fingerprint density at radius 1 is 1.20 bits per heavy atom. The average molecular weight is 269 g/mol. The van der Waals surface area contributed by atoms with Crippen molar-refractivity contribution < 1.29 is 0 Å². The fourth-order valence-electron chi connectivity index (χ4n) is 2.12. The molecule has 1 rings (SSSR count). The number of rotatable bonds is 9. The maximum Gasteiger partial charge on any atom is 0.00218 e. The Bertz CT molecular complexity index is 428. The van der Waals surface area contributed by atoms with Crippen LogP contribution in [0, 0.1) is 0 Å². The summed E-state index contributed by atoms with van der Waals surface area (Å²) in [5.74, 6) is 0. The van der Waals surface area contributed by atoms with Crippen LogP contribution in [-0.2, 0) is 6.42 Å². The van der Waals surface area contributed by atoms with Gasteiger partial charge in [0.25, 0.3) is 0 Å². The third-order valence-electron chi connectivity index (χ3n) is 3.49. The molecule has 0 spiro atoms. The molecular weight excluding hydrogens is 242 g/mol. The monoisotopic (exact) mass is 269 g/mol. The molecule has 0 fully saturated rings. The van der Waals surface area contributed by atoms with Crippen LogP contribution in [0.3, 0.4) is 0 Å². The van der Waals surface area contributed by atoms with Gasteiger partial charge >= 0.3 is 0 Å². The van der Waals surface area contributed by atoms with Gasteiger partial charge in [0.05, 0.1) is 0 Å². The van der Waals surface area contributed by atoms with Crippen LogP contribution in [0.5, 0.6) is 0 Å². The molecule has 0 amide bonds. The maximum absolute atomic E-state index is 3.89. The van der Waals surface area contributed by atoms with Crippen molar-refractivity contribution in [2.75, 3.05) is 19.6 Å². The predicted molar refractivity (Wildman–Crippen MR) is 90.0 cm³/mol. The van der Waals surface area contributed by atoms with Gasteiger partial charge in [0, 0.05) is 13.1 Å². The molecule has 0 saturated heterocycles. The zero-order chi connectivity index (χ0) is 14.6. The number of hydrogen-bond acceptors (Lipinski definition) is 1. The molecule has 0 saturated carbocycles. The van der Waals surface area contributed by atoms with Crippen molar-refractivity contribution in [2.24, 2.45) is 0 Å². The molecule has 0 aliphatic rings. The lowest BCUT2D eigenvalue weighted by atomic mass is 10.1. The molecule has 0 aliphatic heterocycles. The average Bonchev–Trinajstić information content (AvgIpc) is 2.51. The fourth-order valence-corrected chi connectivity index (χ4v) is 2.12. The largest absolute Gasteiger partial charge is 0.303 e. The molecule has 0 N–H and O–H groups in total. The van der Waals surface area contributed by atoms with Gasteiger partial charge in [0.2, 0.25) is 0 Å². The lowest BCUT2D eigenvalue weighted by molar-refractivity contribution is 0.296. The summed E-state index contributed by atoms with van der Waals surface area (Å²) in [5.41, 5.74) is 2.72. The van der Waals surface area contributed by atoms with Crippen molar-refractivity contribution in [1.82, 2.24) is 4.90 Å². The summed E-state index contributed by atoms with van der Waals surface area (Å²) in [6.45, 7) is 11.5. The standard InChI is InChI=1S/C19H27N/c1-4-7-11-18(5-2)14-16-20(6-3)17-15-19-12-9-8-10-13-19/h4-5,7-13H,2,6,14-17H2,1,3H3/b7-4-,18-11+. The maximum atomic E-state index is 3.89. The number of hydrogen-bond donors (Lipinski definition) is 0. The molecule has 0 bridgehead atoms. The van der Waals surface area contributed by atoms with Crippen LogP contribution >= 0.6 is 0 Å². The number of allylic oxidation sites excluding steroid dienone is 4. The van der Waals surface area contributed by atoms with Crippen LogP contribution < -0.4 is 0 Å². The van der Waals surface area contributed by atoms with Crippen LogP contribution in [0.15, 0.2) is 66.8 Å². The highest BCUT2D eigenvalue weighted by atomic mass is 15.1. The molecule has 1 heteroatoms. The molecular formula is C19H27N. The summed E-state index contributed by atoms with van der Waals surface area (Å²) in [5, 5.41) is 0. The Balaban J connectivity index is 2.41. The van der Waals surface area contributed by atoms with Gasteiger partial charge in [-0.15, -0.1) is 0 Å². The van der Waals surface area contributed by atoms with E-state index in [4.69, 9.17) is 0 Å². The summed E-state index contributed by atoms with van der Waals surface area (Å²) < 4.78 is 0. The Labute approximate surface area is 124 Å². The first-order valence-corrected chi connectivity index (χ1v) is 7.50. The first-order valence-electron chi connectivity index (χ1n) is 7.50. The van der Waals surface area contributed by atoms with Crippen molar-refractivity contribution in [1.29, 1.82) is 0 Å². The van der Waals surface area contributed by atoms with Crippen LogP contribution in [-0.4, -0.2) is 24.5 Å². The Hall–Kier alpha value is -1.60. The minimum atomic E-state index is 1.07. The minimum absolute atomic E-state index is 1.07. The van der Waals surface area contributed by atoms with Gasteiger partial charge in [-0.2, -0.15) is 0 Å². The van der Waals surface area contributed by atoms with E-state index in [-0.39, 0.29) is 0 Å². The quantitative estimate of drug-likeness (QED) is 0.591. The van der Waals surface area contributed by atoms with E-state index in [1.165, 1.54) is 11.1 Å². The van der Waals surface area contributed by atoms with Crippen LogP contribution in [0.2, 0.25) is 0 Å². The van der Waals surface area contributed by atoms with E-state index < -0.39 is 0 Å². The predicted octanol–water partition coefficient (Wildman–Crippen LogP) is 4.63. The second-order valence-electron chi connectivity index (χ2n) is 4.89. The summed E-state index contributed by atoms with van der Waals surface area (Å²) in [7, 11) is 0. The van der Waals surface area contributed by atoms with E-state index in [9.17, 15) is 0 Å². The van der Waals surface area contributed by atoms with Gasteiger partial charge in [0.1, 0.15) is 0 Å². The molecule has 1 aromatic rings. The van der Waals surface area contributed by atoms with Gasteiger partial charge in [0.15, 0.2) is 0 Å². The summed E-state index contributed by atoms with van der Waals surface area (Å²) in [6.07, 6.45) is 10.4. The van der Waals surface area contributed by atoms with Gasteiger partial charge < -0.3 is 4.90 Å². The molecule has 20 heavy (non-hydrogen) atoms. The van der Waals surface area contributed by atoms with Crippen molar-refractivity contribution in [3.63, 3.8) is 0 Å². The van der Waals surface area contributed by atoms with E-state index in [1.54, 1.807) is 0 Å². The van der Waals surface area contributed by atoms with Crippen LogP contribution in [0.1, 0.15) is 25.8 Å². The summed E-state index contributed by atoms with van der Waals surface area (Å²) in [6, 6.07) is 10.7. The zero-order valence-corrected chi connectivity index (χ0v) is 12.9. The minimum Gasteiger partial charge on any atom is -0.303 e. The molecule has 0 radical (unpaired) electrons. The smallest absolute Gasteiger partial charge is 0.00218 e. The van der Waals surface area contributed by atoms with E-state index in [0.29, 0.717) is 0 Å². The molecule has 0 unspecified atom stereocenters. The molecule has 1 aromatic carbocycles. The number of likely N-dealkylation sites (N-methyl/N-ethyl adjacent to an activating group) is 1. The van der Waals surface area contributed by atoms with Crippen molar-refractivity contribution in [3.8, 4) is 0 Å². The second kappa shape index (κ2) is 10.2. The van der Waals surface area contributed by atoms with Gasteiger partial charge in [-0.25, -0.2) is 0 Å². The van der Waals surface area contributed by atoms with Crippen molar-refractivity contribution in [3.05, 3.63) is 72.4 Å². The van der Waals surface area contributed by atoms with E-state index >= 15 is 0 Å². The van der Waals surface area contributed by atoms with E-state index in [2.05, 4.69) is 67.0 Å². The molecule has 0 atom stereocenters. The Morgan fingerprint density at radius 2 is 1.95 bits per heavy atom.